The Morgan fingerprint density at radius 2 is 1.71 bits per heavy atom. The van der Waals surface area contributed by atoms with Crippen LogP contribution in [0.4, 0.5) is 0 Å². The fraction of sp³-hybridized carbons (Fsp3) is 1.00. The Morgan fingerprint density at radius 3 is 2.18 bits per heavy atom. The van der Waals surface area contributed by atoms with Crippen molar-refractivity contribution >= 4 is 16.4 Å². The average molecular weight is 277 g/mol. The Hall–Kier alpha value is 0.314. The Morgan fingerprint density at radius 1 is 1.12 bits per heavy atom. The van der Waals surface area contributed by atoms with Gasteiger partial charge in [-0.15, -0.1) is 0 Å². The molecule has 0 aromatic carbocycles. The minimum Gasteiger partial charge on any atom is -0.418 e. The fourth-order valence-electron chi connectivity index (χ4n) is 1.58. The maximum Gasteiger partial charge on any atom is 0.186 e. The smallest absolute Gasteiger partial charge is 0.186 e. The predicted octanol–water partition coefficient (Wildman–Crippen LogP) is 2.41. The summed E-state index contributed by atoms with van der Waals surface area (Å²) in [5.74, 6) is 0. The third-order valence-electron chi connectivity index (χ3n) is 3.17. The molecule has 0 rings (SSSR count). The third-order valence-corrected chi connectivity index (χ3v) is 8.51. The first kappa shape index (κ1) is 17.3. The van der Waals surface area contributed by atoms with Crippen molar-refractivity contribution in [1.29, 1.82) is 0 Å². The molecule has 0 saturated heterocycles. The number of hydrogen-bond acceptors (Lipinski definition) is 3. The van der Waals surface area contributed by atoms with Gasteiger partial charge in [0.15, 0.2) is 8.32 Å². The molecule has 0 saturated carbocycles. The summed E-state index contributed by atoms with van der Waals surface area (Å²) in [6.45, 7) is 16.8. The summed E-state index contributed by atoms with van der Waals surface area (Å²) < 4.78 is 6.36. The molecule has 0 radical (unpaired) electrons. The van der Waals surface area contributed by atoms with Crippen molar-refractivity contribution in [2.75, 3.05) is 19.6 Å². The summed E-state index contributed by atoms with van der Waals surface area (Å²) in [6.07, 6.45) is 1.21. The van der Waals surface area contributed by atoms with Crippen molar-refractivity contribution in [3.8, 4) is 0 Å². The highest BCUT2D eigenvalue weighted by molar-refractivity contribution is 6.79. The van der Waals surface area contributed by atoms with Crippen LogP contribution in [0.3, 0.4) is 0 Å². The Bertz CT molecular complexity index is 205. The van der Waals surface area contributed by atoms with Crippen molar-refractivity contribution in [2.24, 2.45) is 5.73 Å². The molecule has 0 heterocycles. The van der Waals surface area contributed by atoms with Crippen molar-refractivity contribution < 1.29 is 4.43 Å². The van der Waals surface area contributed by atoms with Gasteiger partial charge in [-0.2, -0.15) is 0 Å². The van der Waals surface area contributed by atoms with Crippen LogP contribution < -0.4 is 11.1 Å². The van der Waals surface area contributed by atoms with Gasteiger partial charge in [0.25, 0.3) is 0 Å². The highest BCUT2D eigenvalue weighted by Crippen LogP contribution is 2.20. The first-order valence-electron chi connectivity index (χ1n) is 6.77. The molecule has 0 amide bonds. The zero-order valence-electron chi connectivity index (χ0n) is 12.6. The lowest BCUT2D eigenvalue weighted by molar-refractivity contribution is 0.277. The van der Waals surface area contributed by atoms with Gasteiger partial charge < -0.3 is 15.5 Å². The molecule has 0 bridgehead atoms. The van der Waals surface area contributed by atoms with Gasteiger partial charge in [-0.3, -0.25) is 0 Å². The van der Waals surface area contributed by atoms with E-state index in [9.17, 15) is 0 Å². The van der Waals surface area contributed by atoms with Gasteiger partial charge in [0.2, 0.25) is 0 Å². The number of nitrogens with one attached hydrogen (secondary N) is 1. The first-order chi connectivity index (χ1) is 7.69. The maximum absolute atomic E-state index is 6.36. The molecule has 0 fully saturated rings. The van der Waals surface area contributed by atoms with E-state index in [0.717, 1.165) is 19.6 Å². The van der Waals surface area contributed by atoms with Crippen LogP contribution in [0.15, 0.2) is 0 Å². The van der Waals surface area contributed by atoms with Gasteiger partial charge in [0.05, 0.1) is 8.07 Å². The minimum atomic E-state index is -1.47. The quantitative estimate of drug-likeness (QED) is 0.502. The van der Waals surface area contributed by atoms with E-state index in [4.69, 9.17) is 10.2 Å². The molecule has 0 aliphatic carbocycles. The molecule has 0 aliphatic rings. The van der Waals surface area contributed by atoms with E-state index in [1.807, 2.05) is 0 Å². The van der Waals surface area contributed by atoms with Crippen molar-refractivity contribution in [3.63, 3.8) is 0 Å². The van der Waals surface area contributed by atoms with Crippen LogP contribution in [0.25, 0.3) is 0 Å². The molecule has 104 valence electrons. The molecule has 0 spiro atoms. The normalized spacial score (nSPS) is 15.0. The molecule has 5 heteroatoms. The van der Waals surface area contributed by atoms with Crippen LogP contribution in [0.2, 0.25) is 38.8 Å². The Labute approximate surface area is 110 Å². The molecular weight excluding hydrogens is 244 g/mol. The lowest BCUT2D eigenvalue weighted by Gasteiger charge is -2.34. The summed E-state index contributed by atoms with van der Waals surface area (Å²) in [6, 6.07) is 1.24. The van der Waals surface area contributed by atoms with E-state index < -0.39 is 16.4 Å². The number of nitrogens with two attached hydrogens (primary N) is 1. The van der Waals surface area contributed by atoms with E-state index in [1.54, 1.807) is 0 Å². The van der Waals surface area contributed by atoms with E-state index >= 15 is 0 Å². The van der Waals surface area contributed by atoms with Crippen LogP contribution in [0, 0.1) is 0 Å². The van der Waals surface area contributed by atoms with Gasteiger partial charge in [-0.05, 0) is 39.0 Å². The minimum absolute atomic E-state index is 0.473. The third kappa shape index (κ3) is 8.96. The molecule has 0 aromatic rings. The van der Waals surface area contributed by atoms with E-state index in [1.165, 1.54) is 12.5 Å². The first-order valence-corrected chi connectivity index (χ1v) is 13.5. The summed E-state index contributed by atoms with van der Waals surface area (Å²) in [7, 11) is -2.62. The molecule has 0 aromatic heterocycles. The largest absolute Gasteiger partial charge is 0.418 e. The molecule has 0 aliphatic heterocycles. The van der Waals surface area contributed by atoms with Gasteiger partial charge in [-0.1, -0.05) is 19.6 Å². The van der Waals surface area contributed by atoms with Gasteiger partial charge in [0, 0.05) is 18.8 Å². The predicted molar refractivity (Wildman–Crippen MR) is 82.7 cm³/mol. The fourth-order valence-corrected chi connectivity index (χ4v) is 6.05. The Balaban J connectivity index is 3.87. The molecule has 17 heavy (non-hydrogen) atoms. The molecule has 1 unspecified atom stereocenters. The zero-order valence-corrected chi connectivity index (χ0v) is 14.6. The summed E-state index contributed by atoms with van der Waals surface area (Å²) in [5.41, 5.74) is 5.91. The monoisotopic (exact) mass is 276 g/mol. The van der Waals surface area contributed by atoms with Gasteiger partial charge in [0.1, 0.15) is 0 Å². The highest BCUT2D eigenvalue weighted by atomic mass is 28.4. The second-order valence-corrected chi connectivity index (χ2v) is 16.3. The number of rotatable bonds is 9. The van der Waals surface area contributed by atoms with E-state index in [-0.39, 0.29) is 0 Å². The highest BCUT2D eigenvalue weighted by Gasteiger charge is 2.31. The second-order valence-electron chi connectivity index (χ2n) is 6.53. The summed E-state index contributed by atoms with van der Waals surface area (Å²) in [4.78, 5) is 0. The maximum atomic E-state index is 6.36. The van der Waals surface area contributed by atoms with Crippen molar-refractivity contribution in [2.45, 2.75) is 57.9 Å². The van der Waals surface area contributed by atoms with E-state index in [0.29, 0.717) is 5.73 Å². The van der Waals surface area contributed by atoms with Gasteiger partial charge in [-0.25, -0.2) is 0 Å². The molecule has 1 atom stereocenters. The lowest BCUT2D eigenvalue weighted by atomic mass is 10.5. The molecule has 3 N–H and O–H groups in total. The SMILES string of the molecule is CC(O[Si](C)(C)CCCNCCN)[Si](C)(C)C. The zero-order chi connectivity index (χ0) is 13.5. The standard InChI is InChI=1S/C12H32N2OSi2/c1-12(16(2,3)4)15-17(5,6)11-7-9-14-10-8-13/h12,14H,7-11,13H2,1-6H3. The summed E-state index contributed by atoms with van der Waals surface area (Å²) >= 11 is 0. The van der Waals surface area contributed by atoms with Crippen LogP contribution in [-0.2, 0) is 4.43 Å². The van der Waals surface area contributed by atoms with Crippen LogP contribution in [0.1, 0.15) is 13.3 Å². The number of hydrogen-bond donors (Lipinski definition) is 2. The summed E-state index contributed by atoms with van der Waals surface area (Å²) in [5, 5.41) is 3.34. The van der Waals surface area contributed by atoms with E-state index in [2.05, 4.69) is 45.0 Å². The van der Waals surface area contributed by atoms with Crippen LogP contribution >= 0.6 is 0 Å². The van der Waals surface area contributed by atoms with Crippen LogP contribution in [0.5, 0.6) is 0 Å². The topological polar surface area (TPSA) is 47.3 Å². The van der Waals surface area contributed by atoms with Crippen LogP contribution in [-0.4, -0.2) is 41.8 Å². The van der Waals surface area contributed by atoms with Crippen molar-refractivity contribution in [1.82, 2.24) is 5.32 Å². The molecule has 3 nitrogen and oxygen atoms in total. The van der Waals surface area contributed by atoms with Crippen molar-refractivity contribution in [3.05, 3.63) is 0 Å². The molecular formula is C12H32N2OSi2. The lowest BCUT2D eigenvalue weighted by Crippen LogP contribution is -2.46. The van der Waals surface area contributed by atoms with Gasteiger partial charge >= 0.3 is 0 Å². The Kier molecular flexibility index (Phi) is 7.83. The second kappa shape index (κ2) is 7.68. The average Bonchev–Trinajstić information content (AvgIpc) is 2.15.